The molecular formula is C17H21N3O3S. The van der Waals surface area contributed by atoms with Crippen molar-refractivity contribution in [3.05, 3.63) is 59.9 Å². The molecule has 0 aliphatic rings. The molecule has 1 aromatic heterocycles. The van der Waals surface area contributed by atoms with Crippen LogP contribution < -0.4 is 10.0 Å². The maximum absolute atomic E-state index is 12.4. The first-order valence-corrected chi connectivity index (χ1v) is 9.29. The van der Waals surface area contributed by atoms with E-state index in [0.29, 0.717) is 17.8 Å². The van der Waals surface area contributed by atoms with Crippen LogP contribution in [0.4, 0.5) is 0 Å². The molecule has 6 nitrogen and oxygen atoms in total. The molecule has 0 fully saturated rings. The maximum atomic E-state index is 12.4. The van der Waals surface area contributed by atoms with E-state index in [1.807, 2.05) is 6.92 Å². The minimum Gasteiger partial charge on any atom is -0.352 e. The van der Waals surface area contributed by atoms with Crippen molar-refractivity contribution in [2.75, 3.05) is 6.54 Å². The summed E-state index contributed by atoms with van der Waals surface area (Å²) in [5.74, 6) is -0.273. The monoisotopic (exact) mass is 347 g/mol. The molecule has 2 N–H and O–H groups in total. The van der Waals surface area contributed by atoms with Crippen LogP contribution in [0.3, 0.4) is 0 Å². The van der Waals surface area contributed by atoms with Crippen LogP contribution in [-0.4, -0.2) is 25.9 Å². The number of unbranched alkanes of at least 4 members (excludes halogenated alkanes) is 1. The summed E-state index contributed by atoms with van der Waals surface area (Å²) in [5, 5.41) is 2.77. The SMILES string of the molecule is CCCCNC(=O)c1cccc(S(=O)(=O)NCc2ccccn2)c1. The first-order chi connectivity index (χ1) is 11.5. The molecule has 1 amide bonds. The normalized spacial score (nSPS) is 11.2. The highest BCUT2D eigenvalue weighted by molar-refractivity contribution is 7.89. The van der Waals surface area contributed by atoms with Gasteiger partial charge in [-0.25, -0.2) is 13.1 Å². The average molecular weight is 347 g/mol. The summed E-state index contributed by atoms with van der Waals surface area (Å²) in [6, 6.07) is 11.3. The summed E-state index contributed by atoms with van der Waals surface area (Å²) in [4.78, 5) is 16.2. The molecule has 0 bridgehead atoms. The molecule has 1 aromatic carbocycles. The molecular weight excluding hydrogens is 326 g/mol. The molecule has 0 spiro atoms. The molecule has 0 saturated carbocycles. The number of nitrogens with zero attached hydrogens (tertiary/aromatic N) is 1. The zero-order valence-electron chi connectivity index (χ0n) is 13.5. The van der Waals surface area contributed by atoms with E-state index in [-0.39, 0.29) is 17.3 Å². The van der Waals surface area contributed by atoms with Gasteiger partial charge in [-0.05, 0) is 36.8 Å². The van der Waals surface area contributed by atoms with E-state index < -0.39 is 10.0 Å². The van der Waals surface area contributed by atoms with Crippen molar-refractivity contribution in [1.82, 2.24) is 15.0 Å². The summed E-state index contributed by atoms with van der Waals surface area (Å²) in [7, 11) is -3.71. The quantitative estimate of drug-likeness (QED) is 0.716. The van der Waals surface area contributed by atoms with Crippen LogP contribution in [0.25, 0.3) is 0 Å². The Morgan fingerprint density at radius 3 is 2.71 bits per heavy atom. The number of pyridine rings is 1. The van der Waals surface area contributed by atoms with Crippen LogP contribution in [0, 0.1) is 0 Å². The minimum atomic E-state index is -3.71. The van der Waals surface area contributed by atoms with Crippen molar-refractivity contribution in [2.24, 2.45) is 0 Å². The van der Waals surface area contributed by atoms with Crippen molar-refractivity contribution in [1.29, 1.82) is 0 Å². The Morgan fingerprint density at radius 1 is 1.17 bits per heavy atom. The van der Waals surface area contributed by atoms with Gasteiger partial charge in [0.25, 0.3) is 5.91 Å². The molecule has 0 aliphatic heterocycles. The topological polar surface area (TPSA) is 88.2 Å². The van der Waals surface area contributed by atoms with Gasteiger partial charge in [0, 0.05) is 18.3 Å². The molecule has 2 rings (SSSR count). The second-order valence-corrected chi connectivity index (χ2v) is 7.05. The van der Waals surface area contributed by atoms with Crippen LogP contribution in [0.15, 0.2) is 53.6 Å². The van der Waals surface area contributed by atoms with Gasteiger partial charge in [0.05, 0.1) is 17.1 Å². The molecule has 24 heavy (non-hydrogen) atoms. The highest BCUT2D eigenvalue weighted by Crippen LogP contribution is 2.12. The van der Waals surface area contributed by atoms with Crippen LogP contribution >= 0.6 is 0 Å². The summed E-state index contributed by atoms with van der Waals surface area (Å²) >= 11 is 0. The molecule has 0 unspecified atom stereocenters. The molecule has 128 valence electrons. The average Bonchev–Trinajstić information content (AvgIpc) is 2.61. The number of carbonyl (C=O) groups excluding carboxylic acids is 1. The van der Waals surface area contributed by atoms with Gasteiger partial charge in [-0.15, -0.1) is 0 Å². The Bertz CT molecular complexity index is 777. The Kier molecular flexibility index (Phi) is 6.45. The molecule has 0 radical (unpaired) electrons. The first kappa shape index (κ1) is 18.1. The molecule has 2 aromatic rings. The Morgan fingerprint density at radius 2 is 2.00 bits per heavy atom. The Labute approximate surface area is 142 Å². The van der Waals surface area contributed by atoms with E-state index in [1.54, 1.807) is 36.5 Å². The van der Waals surface area contributed by atoms with Gasteiger partial charge in [0.1, 0.15) is 0 Å². The molecule has 0 aliphatic carbocycles. The van der Waals surface area contributed by atoms with E-state index in [9.17, 15) is 13.2 Å². The highest BCUT2D eigenvalue weighted by Gasteiger charge is 2.16. The second-order valence-electron chi connectivity index (χ2n) is 5.28. The van der Waals surface area contributed by atoms with Gasteiger partial charge in [-0.1, -0.05) is 25.5 Å². The van der Waals surface area contributed by atoms with Crippen LogP contribution in [-0.2, 0) is 16.6 Å². The van der Waals surface area contributed by atoms with E-state index in [2.05, 4.69) is 15.0 Å². The second kappa shape index (κ2) is 8.56. The summed E-state index contributed by atoms with van der Waals surface area (Å²) in [5.41, 5.74) is 0.946. The van der Waals surface area contributed by atoms with E-state index in [4.69, 9.17) is 0 Å². The van der Waals surface area contributed by atoms with Crippen LogP contribution in [0.2, 0.25) is 0 Å². The molecule has 7 heteroatoms. The van der Waals surface area contributed by atoms with Crippen molar-refractivity contribution in [2.45, 2.75) is 31.2 Å². The number of amides is 1. The zero-order chi connectivity index (χ0) is 17.4. The molecule has 0 atom stereocenters. The van der Waals surface area contributed by atoms with Gasteiger partial charge >= 0.3 is 0 Å². The largest absolute Gasteiger partial charge is 0.352 e. The summed E-state index contributed by atoms with van der Waals surface area (Å²) < 4.78 is 27.2. The standard InChI is InChI=1S/C17H21N3O3S/c1-2-3-10-19-17(21)14-7-6-9-16(12-14)24(22,23)20-13-15-8-4-5-11-18-15/h4-9,11-12,20H,2-3,10,13H2,1H3,(H,19,21). The lowest BCUT2D eigenvalue weighted by Gasteiger charge is -2.09. The Balaban J connectivity index is 2.07. The fourth-order valence-corrected chi connectivity index (χ4v) is 3.08. The maximum Gasteiger partial charge on any atom is 0.251 e. The lowest BCUT2D eigenvalue weighted by molar-refractivity contribution is 0.0953. The smallest absolute Gasteiger partial charge is 0.251 e. The van der Waals surface area contributed by atoms with Gasteiger partial charge in [-0.3, -0.25) is 9.78 Å². The number of nitrogens with one attached hydrogen (secondary N) is 2. The van der Waals surface area contributed by atoms with Crippen LogP contribution in [0.5, 0.6) is 0 Å². The molecule has 1 heterocycles. The third-order valence-corrected chi connectivity index (χ3v) is 4.79. The Hall–Kier alpha value is -2.25. The van der Waals surface area contributed by atoms with Crippen molar-refractivity contribution in [3.8, 4) is 0 Å². The number of hydrogen-bond donors (Lipinski definition) is 2. The van der Waals surface area contributed by atoms with E-state index in [1.165, 1.54) is 12.1 Å². The van der Waals surface area contributed by atoms with Crippen molar-refractivity contribution < 1.29 is 13.2 Å². The predicted octanol–water partition coefficient (Wildman–Crippen LogP) is 2.09. The van der Waals surface area contributed by atoms with E-state index >= 15 is 0 Å². The van der Waals surface area contributed by atoms with Crippen molar-refractivity contribution in [3.63, 3.8) is 0 Å². The zero-order valence-corrected chi connectivity index (χ0v) is 14.3. The number of benzene rings is 1. The van der Waals surface area contributed by atoms with Crippen molar-refractivity contribution >= 4 is 15.9 Å². The van der Waals surface area contributed by atoms with Gasteiger partial charge < -0.3 is 5.32 Å². The molecule has 0 saturated heterocycles. The third-order valence-electron chi connectivity index (χ3n) is 3.39. The third kappa shape index (κ3) is 5.14. The summed E-state index contributed by atoms with van der Waals surface area (Å²) in [6.45, 7) is 2.70. The number of hydrogen-bond acceptors (Lipinski definition) is 4. The minimum absolute atomic E-state index is 0.0570. The highest BCUT2D eigenvalue weighted by atomic mass is 32.2. The number of sulfonamides is 1. The lowest BCUT2D eigenvalue weighted by atomic mass is 10.2. The van der Waals surface area contributed by atoms with Gasteiger partial charge in [0.2, 0.25) is 10.0 Å². The number of carbonyl (C=O) groups is 1. The first-order valence-electron chi connectivity index (χ1n) is 7.81. The van der Waals surface area contributed by atoms with E-state index in [0.717, 1.165) is 12.8 Å². The van der Waals surface area contributed by atoms with Crippen LogP contribution in [0.1, 0.15) is 35.8 Å². The summed E-state index contributed by atoms with van der Waals surface area (Å²) in [6.07, 6.45) is 3.46. The number of aromatic nitrogens is 1. The fraction of sp³-hybridized carbons (Fsp3) is 0.294. The predicted molar refractivity (Wildman–Crippen MR) is 91.9 cm³/mol. The number of rotatable bonds is 8. The van der Waals surface area contributed by atoms with Gasteiger partial charge in [0.15, 0.2) is 0 Å². The van der Waals surface area contributed by atoms with Gasteiger partial charge in [-0.2, -0.15) is 0 Å². The fourth-order valence-electron chi connectivity index (χ4n) is 2.04. The lowest BCUT2D eigenvalue weighted by Crippen LogP contribution is -2.26.